The minimum absolute atomic E-state index is 0.0857. The van der Waals surface area contributed by atoms with Crippen molar-refractivity contribution in [3.63, 3.8) is 0 Å². The highest BCUT2D eigenvalue weighted by molar-refractivity contribution is 6.04. The fourth-order valence-corrected chi connectivity index (χ4v) is 1.89. The van der Waals surface area contributed by atoms with Gasteiger partial charge in [-0.3, -0.25) is 9.78 Å². The van der Waals surface area contributed by atoms with Crippen molar-refractivity contribution in [3.05, 3.63) is 65.5 Å². The number of hydrogen-bond acceptors (Lipinski definition) is 3. The number of hydrogen-bond donors (Lipinski definition) is 1. The Balaban J connectivity index is 2.21. The van der Waals surface area contributed by atoms with Gasteiger partial charge in [0.05, 0.1) is 11.1 Å². The molecule has 0 unspecified atom stereocenters. The summed E-state index contributed by atoms with van der Waals surface area (Å²) in [5.41, 5.74) is 1.04. The third-order valence-electron chi connectivity index (χ3n) is 2.89. The third-order valence-corrected chi connectivity index (χ3v) is 2.89. The Hall–Kier alpha value is -2.69. The van der Waals surface area contributed by atoms with Crippen molar-refractivity contribution in [2.24, 2.45) is 0 Å². The van der Waals surface area contributed by atoms with Crippen LogP contribution in [0.2, 0.25) is 0 Å². The normalized spacial score (nSPS) is 10.1. The topological polar surface area (TPSA) is 70.5 Å². The lowest BCUT2D eigenvalue weighted by atomic mass is 10.1. The number of aromatic carboxylic acids is 1. The molecule has 2 rings (SSSR count). The molecule has 1 aromatic heterocycles. The van der Waals surface area contributed by atoms with E-state index in [0.717, 1.165) is 5.56 Å². The standard InChI is InChI=1S/C15H14N2O3/c1-17(10-11-5-3-2-4-6-11)14(18)12-7-8-16-9-13(12)15(19)20/h2-9H,10H2,1H3,(H,19,20). The maximum atomic E-state index is 12.3. The summed E-state index contributed by atoms with van der Waals surface area (Å²) in [7, 11) is 1.64. The molecule has 1 aromatic carbocycles. The molecule has 2 aromatic rings. The molecule has 0 saturated heterocycles. The van der Waals surface area contributed by atoms with Gasteiger partial charge in [0.15, 0.2) is 0 Å². The first-order valence-corrected chi connectivity index (χ1v) is 6.06. The molecular formula is C15H14N2O3. The number of rotatable bonds is 4. The van der Waals surface area contributed by atoms with E-state index in [1.54, 1.807) is 7.05 Å². The second-order valence-corrected chi connectivity index (χ2v) is 4.37. The smallest absolute Gasteiger partial charge is 0.338 e. The molecule has 1 heterocycles. The van der Waals surface area contributed by atoms with Crippen LogP contribution in [0, 0.1) is 0 Å². The minimum atomic E-state index is -1.16. The second kappa shape index (κ2) is 5.97. The number of carboxylic acids is 1. The highest BCUT2D eigenvalue weighted by atomic mass is 16.4. The summed E-state index contributed by atoms with van der Waals surface area (Å²) in [6, 6.07) is 10.9. The Bertz CT molecular complexity index is 626. The van der Waals surface area contributed by atoms with Crippen molar-refractivity contribution in [1.29, 1.82) is 0 Å². The second-order valence-electron chi connectivity index (χ2n) is 4.37. The van der Waals surface area contributed by atoms with Crippen molar-refractivity contribution >= 4 is 11.9 Å². The van der Waals surface area contributed by atoms with Gasteiger partial charge in [-0.1, -0.05) is 30.3 Å². The fraction of sp³-hybridized carbons (Fsp3) is 0.133. The van der Waals surface area contributed by atoms with Gasteiger partial charge in [0.2, 0.25) is 0 Å². The summed E-state index contributed by atoms with van der Waals surface area (Å²) < 4.78 is 0. The van der Waals surface area contributed by atoms with Gasteiger partial charge in [-0.25, -0.2) is 4.79 Å². The van der Waals surface area contributed by atoms with Gasteiger partial charge in [0.25, 0.3) is 5.91 Å². The molecule has 102 valence electrons. The molecule has 0 spiro atoms. The number of carbonyl (C=O) groups excluding carboxylic acids is 1. The molecule has 5 heteroatoms. The molecule has 1 amide bonds. The predicted molar refractivity (Wildman–Crippen MR) is 73.4 cm³/mol. The summed E-state index contributed by atoms with van der Waals surface area (Å²) in [4.78, 5) is 28.6. The van der Waals surface area contributed by atoms with E-state index >= 15 is 0 Å². The first-order chi connectivity index (χ1) is 9.59. The maximum absolute atomic E-state index is 12.3. The minimum Gasteiger partial charge on any atom is -0.478 e. The number of aromatic nitrogens is 1. The molecule has 0 saturated carbocycles. The molecule has 0 fully saturated rings. The lowest BCUT2D eigenvalue weighted by molar-refractivity contribution is 0.0680. The number of amides is 1. The quantitative estimate of drug-likeness (QED) is 0.923. The first kappa shape index (κ1) is 13.7. The van der Waals surface area contributed by atoms with E-state index in [0.29, 0.717) is 6.54 Å². The van der Waals surface area contributed by atoms with Crippen molar-refractivity contribution < 1.29 is 14.7 Å². The largest absolute Gasteiger partial charge is 0.478 e. The molecule has 5 nitrogen and oxygen atoms in total. The Morgan fingerprint density at radius 1 is 1.15 bits per heavy atom. The molecule has 1 N–H and O–H groups in total. The molecule has 0 radical (unpaired) electrons. The van der Waals surface area contributed by atoms with Crippen LogP contribution < -0.4 is 0 Å². The Morgan fingerprint density at radius 3 is 2.50 bits per heavy atom. The molecule has 0 atom stereocenters. The lowest BCUT2D eigenvalue weighted by Gasteiger charge is -2.18. The zero-order valence-corrected chi connectivity index (χ0v) is 11.0. The van der Waals surface area contributed by atoms with Crippen molar-refractivity contribution in [2.75, 3.05) is 7.05 Å². The summed E-state index contributed by atoms with van der Waals surface area (Å²) in [6.45, 7) is 0.418. The van der Waals surface area contributed by atoms with Gasteiger partial charge in [-0.15, -0.1) is 0 Å². The third kappa shape index (κ3) is 3.00. The highest BCUT2D eigenvalue weighted by Gasteiger charge is 2.19. The van der Waals surface area contributed by atoms with E-state index in [-0.39, 0.29) is 17.0 Å². The number of benzene rings is 1. The van der Waals surface area contributed by atoms with Crippen LogP contribution in [0.25, 0.3) is 0 Å². The van der Waals surface area contributed by atoms with Crippen LogP contribution in [0.5, 0.6) is 0 Å². The van der Waals surface area contributed by atoms with Gasteiger partial charge < -0.3 is 10.0 Å². The Kier molecular flexibility index (Phi) is 4.10. The number of pyridine rings is 1. The molecule has 20 heavy (non-hydrogen) atoms. The highest BCUT2D eigenvalue weighted by Crippen LogP contribution is 2.12. The number of carboxylic acid groups (broad SMARTS) is 1. The van der Waals surface area contributed by atoms with Crippen LogP contribution in [0.1, 0.15) is 26.3 Å². The van der Waals surface area contributed by atoms with E-state index in [2.05, 4.69) is 4.98 Å². The van der Waals surface area contributed by atoms with Gasteiger partial charge in [-0.05, 0) is 11.6 Å². The van der Waals surface area contributed by atoms with E-state index < -0.39 is 5.97 Å². The summed E-state index contributed by atoms with van der Waals surface area (Å²) in [5, 5.41) is 9.08. The Labute approximate surface area is 116 Å². The van der Waals surface area contributed by atoms with Crippen LogP contribution >= 0.6 is 0 Å². The van der Waals surface area contributed by atoms with E-state index in [9.17, 15) is 9.59 Å². The van der Waals surface area contributed by atoms with Gasteiger partial charge in [-0.2, -0.15) is 0 Å². The van der Waals surface area contributed by atoms with Crippen LogP contribution in [-0.2, 0) is 6.54 Å². The first-order valence-electron chi connectivity index (χ1n) is 6.06. The summed E-state index contributed by atoms with van der Waals surface area (Å²) in [5.74, 6) is -1.50. The Morgan fingerprint density at radius 2 is 1.85 bits per heavy atom. The number of carbonyl (C=O) groups is 2. The SMILES string of the molecule is CN(Cc1ccccc1)C(=O)c1ccncc1C(=O)O. The van der Waals surface area contributed by atoms with Crippen LogP contribution in [0.3, 0.4) is 0 Å². The van der Waals surface area contributed by atoms with Gasteiger partial charge in [0, 0.05) is 26.0 Å². The van der Waals surface area contributed by atoms with E-state index in [1.165, 1.54) is 23.4 Å². The lowest BCUT2D eigenvalue weighted by Crippen LogP contribution is -2.27. The maximum Gasteiger partial charge on any atom is 0.338 e. The van der Waals surface area contributed by atoms with Gasteiger partial charge in [0.1, 0.15) is 0 Å². The van der Waals surface area contributed by atoms with Gasteiger partial charge >= 0.3 is 5.97 Å². The van der Waals surface area contributed by atoms with Crippen molar-refractivity contribution in [2.45, 2.75) is 6.54 Å². The van der Waals surface area contributed by atoms with Crippen molar-refractivity contribution in [3.8, 4) is 0 Å². The zero-order chi connectivity index (χ0) is 14.5. The van der Waals surface area contributed by atoms with E-state index in [4.69, 9.17) is 5.11 Å². The predicted octanol–water partition coefficient (Wildman–Crippen LogP) is 2.05. The molecule has 0 aliphatic heterocycles. The monoisotopic (exact) mass is 270 g/mol. The molecule has 0 aliphatic rings. The van der Waals surface area contributed by atoms with Crippen molar-refractivity contribution in [1.82, 2.24) is 9.88 Å². The average Bonchev–Trinajstić information content (AvgIpc) is 2.47. The zero-order valence-electron chi connectivity index (χ0n) is 11.0. The molecular weight excluding hydrogens is 256 g/mol. The molecule has 0 aliphatic carbocycles. The van der Waals surface area contributed by atoms with E-state index in [1.807, 2.05) is 30.3 Å². The summed E-state index contributed by atoms with van der Waals surface area (Å²) >= 11 is 0. The summed E-state index contributed by atoms with van der Waals surface area (Å²) in [6.07, 6.45) is 2.60. The fourth-order valence-electron chi connectivity index (χ4n) is 1.89. The van der Waals surface area contributed by atoms with Crippen LogP contribution in [0.15, 0.2) is 48.8 Å². The van der Waals surface area contributed by atoms with Crippen LogP contribution in [0.4, 0.5) is 0 Å². The molecule has 0 bridgehead atoms. The number of nitrogens with zero attached hydrogens (tertiary/aromatic N) is 2. The average molecular weight is 270 g/mol. The van der Waals surface area contributed by atoms with Crippen LogP contribution in [-0.4, -0.2) is 33.9 Å².